The van der Waals surface area contributed by atoms with Gasteiger partial charge in [-0.25, -0.2) is 0 Å². The Morgan fingerprint density at radius 3 is 2.56 bits per heavy atom. The molecule has 2 rings (SSSR count). The zero-order valence-corrected chi connectivity index (χ0v) is 9.54. The monoisotopic (exact) mass is 243 g/mol. The number of hydrogen-bond acceptors (Lipinski definition) is 4. The molecule has 16 heavy (non-hydrogen) atoms. The molecular weight excluding hydrogens is 230 g/mol. The summed E-state index contributed by atoms with van der Waals surface area (Å²) in [7, 11) is 0. The third-order valence-corrected chi connectivity index (χ3v) is 2.79. The normalized spacial score (nSPS) is 16.7. The fraction of sp³-hybridized carbons (Fsp3) is 0.455. The van der Waals surface area contributed by atoms with Crippen LogP contribution in [0.3, 0.4) is 0 Å². The Hall–Kier alpha value is -0.970. The Morgan fingerprint density at radius 2 is 1.94 bits per heavy atom. The largest absolute Gasteiger partial charge is 0.490 e. The van der Waals surface area contributed by atoms with Crippen molar-refractivity contribution in [2.24, 2.45) is 5.73 Å². The summed E-state index contributed by atoms with van der Waals surface area (Å²) in [6.45, 7) is 1.08. The lowest BCUT2D eigenvalue weighted by atomic mass is 10.1. The maximum atomic E-state index is 9.02. The number of rotatable bonds is 2. The van der Waals surface area contributed by atoms with Crippen LogP contribution < -0.4 is 15.2 Å². The number of nitrogens with two attached hydrogens (primary N) is 1. The van der Waals surface area contributed by atoms with Crippen molar-refractivity contribution in [2.45, 2.75) is 12.5 Å². The van der Waals surface area contributed by atoms with Crippen molar-refractivity contribution in [1.29, 1.82) is 0 Å². The summed E-state index contributed by atoms with van der Waals surface area (Å²) in [5.41, 5.74) is 6.41. The third kappa shape index (κ3) is 2.24. The van der Waals surface area contributed by atoms with Crippen molar-refractivity contribution in [3.05, 3.63) is 22.7 Å². The molecule has 0 aliphatic carbocycles. The lowest BCUT2D eigenvalue weighted by Gasteiger charge is -2.14. The maximum Gasteiger partial charge on any atom is 0.162 e. The van der Waals surface area contributed by atoms with Gasteiger partial charge in [-0.05, 0) is 11.6 Å². The molecule has 0 aromatic heterocycles. The summed E-state index contributed by atoms with van der Waals surface area (Å²) in [6.07, 6.45) is 0.841. The molecule has 1 aliphatic rings. The van der Waals surface area contributed by atoms with Gasteiger partial charge in [0.25, 0.3) is 0 Å². The van der Waals surface area contributed by atoms with Gasteiger partial charge in [-0.2, -0.15) is 0 Å². The number of hydrogen-bond donors (Lipinski definition) is 2. The Balaban J connectivity index is 2.38. The van der Waals surface area contributed by atoms with Gasteiger partial charge in [0, 0.05) is 17.5 Å². The molecule has 1 unspecified atom stereocenters. The molecule has 88 valence electrons. The number of aliphatic hydroxyl groups excluding tert-OH is 1. The molecule has 0 saturated heterocycles. The average molecular weight is 244 g/mol. The first-order valence-electron chi connectivity index (χ1n) is 5.18. The molecular formula is C11H14ClNO3. The molecule has 0 saturated carbocycles. The van der Waals surface area contributed by atoms with E-state index in [1.807, 2.05) is 0 Å². The van der Waals surface area contributed by atoms with Crippen LogP contribution in [0.25, 0.3) is 0 Å². The Labute approximate surface area is 98.9 Å². The van der Waals surface area contributed by atoms with Crippen LogP contribution >= 0.6 is 11.6 Å². The lowest BCUT2D eigenvalue weighted by molar-refractivity contribution is 0.267. The van der Waals surface area contributed by atoms with Crippen molar-refractivity contribution < 1.29 is 14.6 Å². The molecule has 3 N–H and O–H groups in total. The second kappa shape index (κ2) is 4.91. The minimum Gasteiger partial charge on any atom is -0.490 e. The third-order valence-electron chi connectivity index (χ3n) is 2.46. The number of benzene rings is 1. The highest BCUT2D eigenvalue weighted by molar-refractivity contribution is 6.31. The number of fused-ring (bicyclic) bond motifs is 1. The van der Waals surface area contributed by atoms with Crippen LogP contribution in [0, 0.1) is 0 Å². The molecule has 1 atom stereocenters. The van der Waals surface area contributed by atoms with E-state index in [0.717, 1.165) is 6.42 Å². The van der Waals surface area contributed by atoms with E-state index in [9.17, 15) is 0 Å². The first kappa shape index (κ1) is 11.5. The summed E-state index contributed by atoms with van der Waals surface area (Å²) in [6, 6.07) is 2.93. The molecule has 1 aromatic rings. The quantitative estimate of drug-likeness (QED) is 0.826. The Morgan fingerprint density at radius 1 is 1.31 bits per heavy atom. The van der Waals surface area contributed by atoms with Crippen molar-refractivity contribution in [2.75, 3.05) is 19.8 Å². The van der Waals surface area contributed by atoms with Gasteiger partial charge in [-0.15, -0.1) is 0 Å². The molecule has 0 spiro atoms. The van der Waals surface area contributed by atoms with Crippen molar-refractivity contribution in [1.82, 2.24) is 0 Å². The van der Waals surface area contributed by atoms with E-state index in [-0.39, 0.29) is 6.61 Å². The van der Waals surface area contributed by atoms with E-state index in [4.69, 9.17) is 31.9 Å². The second-order valence-electron chi connectivity index (χ2n) is 3.66. The van der Waals surface area contributed by atoms with Gasteiger partial charge in [0.05, 0.1) is 25.9 Å². The van der Waals surface area contributed by atoms with Crippen LogP contribution in [0.4, 0.5) is 0 Å². The van der Waals surface area contributed by atoms with Crippen LogP contribution in [0.1, 0.15) is 18.0 Å². The highest BCUT2D eigenvalue weighted by Crippen LogP contribution is 2.36. The van der Waals surface area contributed by atoms with E-state index in [2.05, 4.69) is 0 Å². The van der Waals surface area contributed by atoms with E-state index in [0.29, 0.717) is 35.3 Å². The first-order valence-corrected chi connectivity index (χ1v) is 5.55. The topological polar surface area (TPSA) is 64.7 Å². The van der Waals surface area contributed by atoms with Gasteiger partial charge >= 0.3 is 0 Å². The first-order chi connectivity index (χ1) is 7.72. The molecule has 0 fully saturated rings. The summed E-state index contributed by atoms with van der Waals surface area (Å²) < 4.78 is 11.0. The Bertz CT molecular complexity index is 384. The molecule has 0 amide bonds. The van der Waals surface area contributed by atoms with Crippen molar-refractivity contribution in [3.8, 4) is 11.5 Å². The summed E-state index contributed by atoms with van der Waals surface area (Å²) in [4.78, 5) is 0. The van der Waals surface area contributed by atoms with Crippen LogP contribution in [-0.4, -0.2) is 24.9 Å². The fourth-order valence-corrected chi connectivity index (χ4v) is 1.88. The summed E-state index contributed by atoms with van der Waals surface area (Å²) >= 11 is 6.06. The zero-order chi connectivity index (χ0) is 11.5. The van der Waals surface area contributed by atoms with Crippen molar-refractivity contribution in [3.63, 3.8) is 0 Å². The molecule has 0 bridgehead atoms. The van der Waals surface area contributed by atoms with E-state index < -0.39 is 6.04 Å². The molecule has 4 nitrogen and oxygen atoms in total. The second-order valence-corrected chi connectivity index (χ2v) is 4.07. The van der Waals surface area contributed by atoms with E-state index in [1.54, 1.807) is 12.1 Å². The average Bonchev–Trinajstić information content (AvgIpc) is 2.51. The van der Waals surface area contributed by atoms with E-state index in [1.165, 1.54) is 0 Å². The molecule has 1 aliphatic heterocycles. The number of aliphatic hydroxyl groups is 1. The minimum absolute atomic E-state index is 0.153. The van der Waals surface area contributed by atoms with Gasteiger partial charge in [0.15, 0.2) is 11.5 Å². The predicted molar refractivity (Wildman–Crippen MR) is 61.1 cm³/mol. The molecule has 1 aromatic carbocycles. The number of halogens is 1. The highest BCUT2D eigenvalue weighted by atomic mass is 35.5. The van der Waals surface area contributed by atoms with Crippen LogP contribution in [0.2, 0.25) is 5.02 Å². The predicted octanol–water partition coefficient (Wildman–Crippen LogP) is 1.49. The zero-order valence-electron chi connectivity index (χ0n) is 8.78. The van der Waals surface area contributed by atoms with Gasteiger partial charge in [-0.3, -0.25) is 0 Å². The molecule has 1 heterocycles. The van der Waals surface area contributed by atoms with Crippen LogP contribution in [-0.2, 0) is 0 Å². The van der Waals surface area contributed by atoms with Gasteiger partial charge in [0.1, 0.15) is 0 Å². The molecule has 5 heteroatoms. The SMILES string of the molecule is NC(CO)c1cc2c(cc1Cl)OCCCO2. The standard InChI is InChI=1S/C11H14ClNO3/c12-8-5-11-10(15-2-1-3-16-11)4-7(8)9(13)6-14/h4-5,9,14H,1-3,6,13H2. The van der Waals surface area contributed by atoms with Crippen LogP contribution in [0.15, 0.2) is 12.1 Å². The van der Waals surface area contributed by atoms with Crippen molar-refractivity contribution >= 4 is 11.6 Å². The summed E-state index contributed by atoms with van der Waals surface area (Å²) in [5.74, 6) is 1.28. The van der Waals surface area contributed by atoms with Crippen LogP contribution in [0.5, 0.6) is 11.5 Å². The lowest BCUT2D eigenvalue weighted by Crippen LogP contribution is -2.15. The maximum absolute atomic E-state index is 9.02. The minimum atomic E-state index is -0.496. The van der Waals surface area contributed by atoms with Gasteiger partial charge in [0.2, 0.25) is 0 Å². The smallest absolute Gasteiger partial charge is 0.162 e. The summed E-state index contributed by atoms with van der Waals surface area (Å²) in [5, 5.41) is 9.51. The Kier molecular flexibility index (Phi) is 3.53. The highest BCUT2D eigenvalue weighted by Gasteiger charge is 2.17. The van der Waals surface area contributed by atoms with Gasteiger partial charge < -0.3 is 20.3 Å². The van der Waals surface area contributed by atoms with E-state index >= 15 is 0 Å². The molecule has 0 radical (unpaired) electrons. The van der Waals surface area contributed by atoms with Gasteiger partial charge in [-0.1, -0.05) is 11.6 Å². The number of ether oxygens (including phenoxy) is 2. The fourth-order valence-electron chi connectivity index (χ4n) is 1.58.